The zero-order valence-electron chi connectivity index (χ0n) is 8.22. The molecule has 0 aromatic carbocycles. The lowest BCUT2D eigenvalue weighted by Crippen LogP contribution is -2.08. The molecule has 0 N–H and O–H groups in total. The maximum Gasteiger partial charge on any atom is 0.317 e. The normalized spacial score (nSPS) is 21.6. The van der Waals surface area contributed by atoms with Crippen molar-refractivity contribution >= 4 is 11.9 Å². The lowest BCUT2D eigenvalue weighted by Gasteiger charge is -2.06. The van der Waals surface area contributed by atoms with E-state index in [0.29, 0.717) is 6.42 Å². The Morgan fingerprint density at radius 1 is 1.38 bits per heavy atom. The first-order chi connectivity index (χ1) is 6.00. The van der Waals surface area contributed by atoms with Crippen molar-refractivity contribution in [1.29, 1.82) is 0 Å². The van der Waals surface area contributed by atoms with Crippen molar-refractivity contribution < 1.29 is 14.3 Å². The molecule has 3 heteroatoms. The predicted molar refractivity (Wildman–Crippen MR) is 47.9 cm³/mol. The van der Waals surface area contributed by atoms with Gasteiger partial charge in [-0.25, -0.2) is 0 Å². The van der Waals surface area contributed by atoms with Crippen LogP contribution in [0.25, 0.3) is 0 Å². The van der Waals surface area contributed by atoms with Gasteiger partial charge in [-0.15, -0.1) is 0 Å². The van der Waals surface area contributed by atoms with Gasteiger partial charge >= 0.3 is 11.9 Å². The van der Waals surface area contributed by atoms with Gasteiger partial charge in [0.2, 0.25) is 0 Å². The smallest absolute Gasteiger partial charge is 0.317 e. The number of carbonyl (C=O) groups is 2. The average Bonchev–Trinajstić information content (AvgIpc) is 2.30. The summed E-state index contributed by atoms with van der Waals surface area (Å²) in [4.78, 5) is 21.8. The molecular weight excluding hydrogens is 168 g/mol. The monoisotopic (exact) mass is 182 g/mol. The Bertz CT molecular complexity index is 272. The molecule has 1 heterocycles. The third-order valence-electron chi connectivity index (χ3n) is 2.37. The lowest BCUT2D eigenvalue weighted by molar-refractivity contribution is -0.153. The molecule has 0 spiro atoms. The minimum atomic E-state index is -0.392. The fourth-order valence-electron chi connectivity index (χ4n) is 1.25. The van der Waals surface area contributed by atoms with Crippen molar-refractivity contribution in [2.24, 2.45) is 5.92 Å². The molecule has 0 aliphatic carbocycles. The Morgan fingerprint density at radius 2 is 2.00 bits per heavy atom. The number of carbonyl (C=O) groups excluding carboxylic acids is 2. The van der Waals surface area contributed by atoms with Gasteiger partial charge in [-0.2, -0.15) is 0 Å². The van der Waals surface area contributed by atoms with Gasteiger partial charge in [0.25, 0.3) is 0 Å². The summed E-state index contributed by atoms with van der Waals surface area (Å²) in [6, 6.07) is 0. The van der Waals surface area contributed by atoms with Crippen molar-refractivity contribution in [3.8, 4) is 0 Å². The van der Waals surface area contributed by atoms with Crippen molar-refractivity contribution in [2.75, 3.05) is 0 Å². The molecule has 1 fully saturated rings. The third-order valence-corrected chi connectivity index (χ3v) is 2.37. The van der Waals surface area contributed by atoms with Crippen LogP contribution in [0.4, 0.5) is 0 Å². The molecule has 1 saturated heterocycles. The summed E-state index contributed by atoms with van der Waals surface area (Å²) in [6.07, 6.45) is 0.885. The summed E-state index contributed by atoms with van der Waals surface area (Å²) in [5.74, 6) is -1.01. The second-order valence-electron chi connectivity index (χ2n) is 3.68. The number of hydrogen-bond donors (Lipinski definition) is 0. The van der Waals surface area contributed by atoms with Gasteiger partial charge in [0, 0.05) is 0 Å². The fraction of sp³-hybridized carbons (Fsp3) is 0.600. The van der Waals surface area contributed by atoms with E-state index < -0.39 is 5.97 Å². The maximum absolute atomic E-state index is 11.1. The van der Waals surface area contributed by atoms with Crippen LogP contribution in [0.1, 0.15) is 33.6 Å². The Balaban J connectivity index is 2.61. The number of rotatable bonds is 2. The highest BCUT2D eigenvalue weighted by Crippen LogP contribution is 2.24. The molecule has 0 aromatic heterocycles. The molecule has 1 unspecified atom stereocenters. The van der Waals surface area contributed by atoms with Crippen molar-refractivity contribution in [1.82, 2.24) is 0 Å². The van der Waals surface area contributed by atoms with E-state index in [1.807, 2.05) is 20.8 Å². The first-order valence-corrected chi connectivity index (χ1v) is 4.38. The Morgan fingerprint density at radius 3 is 2.38 bits per heavy atom. The molecule has 3 nitrogen and oxygen atoms in total. The van der Waals surface area contributed by atoms with E-state index in [1.165, 1.54) is 5.57 Å². The van der Waals surface area contributed by atoms with E-state index in [9.17, 15) is 9.59 Å². The molecule has 1 rings (SSSR count). The summed E-state index contributed by atoms with van der Waals surface area (Å²) in [5, 5.41) is 0. The number of cyclic esters (lactones) is 2. The van der Waals surface area contributed by atoms with Crippen LogP contribution in [0.3, 0.4) is 0 Å². The Kier molecular flexibility index (Phi) is 2.86. The topological polar surface area (TPSA) is 43.4 Å². The first kappa shape index (κ1) is 9.96. The molecular formula is C10H14O3. The van der Waals surface area contributed by atoms with Crippen LogP contribution in [-0.2, 0) is 14.3 Å². The summed E-state index contributed by atoms with van der Waals surface area (Å²) in [5.41, 5.74) is 2.36. The summed E-state index contributed by atoms with van der Waals surface area (Å²) < 4.78 is 4.45. The van der Waals surface area contributed by atoms with Crippen LogP contribution in [-0.4, -0.2) is 11.9 Å². The third kappa shape index (κ3) is 2.41. The van der Waals surface area contributed by atoms with E-state index in [4.69, 9.17) is 0 Å². The predicted octanol–water partition coefficient (Wildman–Crippen LogP) is 1.82. The molecule has 1 aliphatic rings. The zero-order chi connectivity index (χ0) is 10.0. The number of allylic oxidation sites excluding steroid dienone is 2. The van der Waals surface area contributed by atoms with Gasteiger partial charge < -0.3 is 4.74 Å². The Hall–Kier alpha value is -1.12. The van der Waals surface area contributed by atoms with Crippen molar-refractivity contribution in [3.05, 3.63) is 11.1 Å². The lowest BCUT2D eigenvalue weighted by atomic mass is 9.96. The number of hydrogen-bond acceptors (Lipinski definition) is 3. The van der Waals surface area contributed by atoms with Gasteiger partial charge in [0.05, 0.1) is 12.3 Å². The molecule has 13 heavy (non-hydrogen) atoms. The second-order valence-corrected chi connectivity index (χ2v) is 3.68. The van der Waals surface area contributed by atoms with E-state index in [1.54, 1.807) is 0 Å². The second kappa shape index (κ2) is 3.73. The van der Waals surface area contributed by atoms with Crippen LogP contribution in [0.2, 0.25) is 0 Å². The van der Waals surface area contributed by atoms with Gasteiger partial charge in [-0.3, -0.25) is 9.59 Å². The van der Waals surface area contributed by atoms with Gasteiger partial charge in [-0.1, -0.05) is 11.1 Å². The van der Waals surface area contributed by atoms with E-state index in [2.05, 4.69) is 4.74 Å². The first-order valence-electron chi connectivity index (χ1n) is 4.38. The SMILES string of the molecule is CC(C)=C(C)CC1CC(=O)OC1=O. The van der Waals surface area contributed by atoms with Crippen LogP contribution < -0.4 is 0 Å². The quantitative estimate of drug-likeness (QED) is 0.371. The summed E-state index contributed by atoms with van der Waals surface area (Å²) >= 11 is 0. The molecule has 72 valence electrons. The highest BCUT2D eigenvalue weighted by molar-refractivity contribution is 5.94. The molecule has 0 aromatic rings. The zero-order valence-corrected chi connectivity index (χ0v) is 8.22. The van der Waals surface area contributed by atoms with Crippen LogP contribution in [0.15, 0.2) is 11.1 Å². The molecule has 0 bridgehead atoms. The molecule has 0 saturated carbocycles. The minimum absolute atomic E-state index is 0.240. The van der Waals surface area contributed by atoms with Crippen LogP contribution >= 0.6 is 0 Å². The molecule has 0 amide bonds. The van der Waals surface area contributed by atoms with E-state index in [0.717, 1.165) is 5.57 Å². The fourth-order valence-corrected chi connectivity index (χ4v) is 1.25. The van der Waals surface area contributed by atoms with Crippen molar-refractivity contribution in [2.45, 2.75) is 33.6 Å². The van der Waals surface area contributed by atoms with E-state index >= 15 is 0 Å². The van der Waals surface area contributed by atoms with Gasteiger partial charge in [0.1, 0.15) is 0 Å². The Labute approximate surface area is 77.8 Å². The van der Waals surface area contributed by atoms with Crippen LogP contribution in [0, 0.1) is 5.92 Å². The molecule has 0 radical (unpaired) electrons. The molecule has 1 aliphatic heterocycles. The standard InChI is InChI=1S/C10H14O3/c1-6(2)7(3)4-8-5-9(11)13-10(8)12/h8H,4-5H2,1-3H3. The average molecular weight is 182 g/mol. The minimum Gasteiger partial charge on any atom is -0.393 e. The summed E-state index contributed by atoms with van der Waals surface area (Å²) in [7, 11) is 0. The highest BCUT2D eigenvalue weighted by Gasteiger charge is 2.33. The maximum atomic E-state index is 11.1. The van der Waals surface area contributed by atoms with Gasteiger partial charge in [-0.05, 0) is 27.2 Å². The van der Waals surface area contributed by atoms with Gasteiger partial charge in [0.15, 0.2) is 0 Å². The number of esters is 2. The summed E-state index contributed by atoms with van der Waals surface area (Å²) in [6.45, 7) is 5.97. The highest BCUT2D eigenvalue weighted by atomic mass is 16.6. The van der Waals surface area contributed by atoms with Crippen molar-refractivity contribution in [3.63, 3.8) is 0 Å². The largest absolute Gasteiger partial charge is 0.393 e. The van der Waals surface area contributed by atoms with Crippen LogP contribution in [0.5, 0.6) is 0 Å². The number of ether oxygens (including phenoxy) is 1. The van der Waals surface area contributed by atoms with E-state index in [-0.39, 0.29) is 18.3 Å². The molecule has 1 atom stereocenters.